The van der Waals surface area contributed by atoms with Crippen LogP contribution in [0.4, 0.5) is 0 Å². The number of unbranched alkanes of at least 4 members (excludes halogenated alkanes) is 10. The van der Waals surface area contributed by atoms with Crippen molar-refractivity contribution in [1.29, 1.82) is 0 Å². The Hall–Kier alpha value is 1.92. The Morgan fingerprint density at radius 2 is 1.00 bits per heavy atom. The molecule has 0 aliphatic heterocycles. The van der Waals surface area contributed by atoms with Crippen LogP contribution in [0.5, 0.6) is 0 Å². The zero-order chi connectivity index (χ0) is 15.8. The fraction of sp³-hybridized carbons (Fsp3) is 1.00. The van der Waals surface area contributed by atoms with E-state index < -0.39 is 5.69 Å². The first-order chi connectivity index (χ1) is 10.1. The molecule has 0 aromatic rings. The van der Waals surface area contributed by atoms with Gasteiger partial charge in [-0.05, 0) is 24.6 Å². The van der Waals surface area contributed by atoms with Crippen molar-refractivity contribution in [2.24, 2.45) is 0 Å². The minimum absolute atomic E-state index is 0. The summed E-state index contributed by atoms with van der Waals surface area (Å²) >= 11 is 9.70. The molecule has 2 nitrogen and oxygen atoms in total. The average molecular weight is 378 g/mol. The summed E-state index contributed by atoms with van der Waals surface area (Å²) in [6.07, 6.45) is 15.1. The number of rotatable bonds is 16. The van der Waals surface area contributed by atoms with Crippen LogP contribution in [0.15, 0.2) is 0 Å². The fourth-order valence-electron chi connectivity index (χ4n) is 2.16. The van der Waals surface area contributed by atoms with E-state index in [1.54, 1.807) is 0 Å². The second kappa shape index (κ2) is 19.2. The summed E-state index contributed by atoms with van der Waals surface area (Å²) < 4.78 is 11.3. The zero-order valence-corrected chi connectivity index (χ0v) is 19.6. The second-order valence-electron chi connectivity index (χ2n) is 5.67. The molecule has 0 spiro atoms. The van der Waals surface area contributed by atoms with E-state index in [2.05, 4.69) is 26.1 Å². The molecule has 0 saturated carbocycles. The van der Waals surface area contributed by atoms with Crippen LogP contribution in [0.25, 0.3) is 0 Å². The first-order valence-electron chi connectivity index (χ1n) is 8.74. The van der Waals surface area contributed by atoms with E-state index in [-0.39, 0.29) is 29.6 Å². The summed E-state index contributed by atoms with van der Waals surface area (Å²) in [5.74, 6) is 0. The van der Waals surface area contributed by atoms with Crippen LogP contribution in [0.3, 0.4) is 0 Å². The number of hydrogen-bond donors (Lipinski definition) is 1. The van der Waals surface area contributed by atoms with Gasteiger partial charge in [-0.25, -0.2) is 0 Å². The molecule has 0 aliphatic carbocycles. The van der Waals surface area contributed by atoms with Gasteiger partial charge >= 0.3 is 0 Å². The molecule has 0 N–H and O–H groups in total. The fourth-order valence-corrected chi connectivity index (χ4v) is 3.89. The molecule has 0 rings (SSSR count). The normalized spacial score (nSPS) is 11.4. The van der Waals surface area contributed by atoms with Crippen LogP contribution in [-0.4, -0.2) is 42.8 Å². The van der Waals surface area contributed by atoms with Gasteiger partial charge in [0, 0.05) is 29.6 Å². The molecule has 1 radical (unpaired) electrons. The standard InChI is InChI=1S/C16H35O2PS2.Na/c1-3-5-7-9-11-13-15-17-19(20,21)18-16-14-12-10-8-6-4-2;/h3-16H2,1-2H3,(H,20,21);. The summed E-state index contributed by atoms with van der Waals surface area (Å²) in [5.41, 5.74) is -2.29. The summed E-state index contributed by atoms with van der Waals surface area (Å²) in [6, 6.07) is 0. The SMILES string of the molecule is CCCCCCCCOP(=S)(S)OCCCCCCCC.[Na]. The average Bonchev–Trinajstić information content (AvgIpc) is 2.45. The third-order valence-corrected chi connectivity index (χ3v) is 5.85. The molecule has 0 heterocycles. The van der Waals surface area contributed by atoms with E-state index in [1.807, 2.05) is 0 Å². The van der Waals surface area contributed by atoms with Gasteiger partial charge in [-0.1, -0.05) is 90.3 Å². The van der Waals surface area contributed by atoms with Crippen molar-refractivity contribution in [2.75, 3.05) is 13.2 Å². The molecule has 0 unspecified atom stereocenters. The second-order valence-corrected chi connectivity index (χ2v) is 11.0. The maximum atomic E-state index is 5.65. The van der Waals surface area contributed by atoms with E-state index in [4.69, 9.17) is 20.9 Å². The van der Waals surface area contributed by atoms with Gasteiger partial charge in [0.1, 0.15) is 0 Å². The van der Waals surface area contributed by atoms with E-state index in [0.717, 1.165) is 12.8 Å². The van der Waals surface area contributed by atoms with Crippen molar-refractivity contribution >= 4 is 59.3 Å². The Balaban J connectivity index is 0. The number of hydrogen-bond acceptors (Lipinski definition) is 3. The van der Waals surface area contributed by atoms with Gasteiger partial charge in [-0.2, -0.15) is 0 Å². The number of thiol groups is 1. The zero-order valence-electron chi connectivity index (χ0n) is 15.0. The molecule has 0 bridgehead atoms. The van der Waals surface area contributed by atoms with Crippen molar-refractivity contribution in [3.8, 4) is 0 Å². The predicted octanol–water partition coefficient (Wildman–Crippen LogP) is 6.51. The van der Waals surface area contributed by atoms with E-state index in [0.29, 0.717) is 13.2 Å². The van der Waals surface area contributed by atoms with Gasteiger partial charge in [0.15, 0.2) is 0 Å². The molecule has 0 atom stereocenters. The maximum absolute atomic E-state index is 5.65. The summed E-state index contributed by atoms with van der Waals surface area (Å²) in [6.45, 7) is 5.87. The third kappa shape index (κ3) is 20.0. The van der Waals surface area contributed by atoms with Crippen LogP contribution in [-0.2, 0) is 20.9 Å². The molecule has 0 aromatic carbocycles. The van der Waals surface area contributed by atoms with Crippen LogP contribution in [0.1, 0.15) is 90.9 Å². The van der Waals surface area contributed by atoms with Gasteiger partial charge in [0.25, 0.3) is 0 Å². The Kier molecular flexibility index (Phi) is 22.9. The Labute approximate surface area is 171 Å². The minimum Gasteiger partial charge on any atom is -0.322 e. The van der Waals surface area contributed by atoms with Crippen molar-refractivity contribution in [1.82, 2.24) is 0 Å². The van der Waals surface area contributed by atoms with Crippen LogP contribution in [0, 0.1) is 0 Å². The Bertz CT molecular complexity index is 247. The molecule has 0 saturated heterocycles. The predicted molar refractivity (Wildman–Crippen MR) is 108 cm³/mol. The molecule has 6 heteroatoms. The molecular formula is C16H35NaO2PS2. The molecule has 0 amide bonds. The van der Waals surface area contributed by atoms with Gasteiger partial charge in [-0.15, -0.1) is 0 Å². The van der Waals surface area contributed by atoms with E-state index >= 15 is 0 Å². The van der Waals surface area contributed by atoms with Gasteiger partial charge in [0.2, 0.25) is 5.69 Å². The first-order valence-corrected chi connectivity index (χ1v) is 12.5. The third-order valence-electron chi connectivity index (χ3n) is 3.50. The van der Waals surface area contributed by atoms with E-state index in [9.17, 15) is 0 Å². The van der Waals surface area contributed by atoms with Crippen molar-refractivity contribution in [3.05, 3.63) is 0 Å². The molecular weight excluding hydrogens is 342 g/mol. The van der Waals surface area contributed by atoms with Crippen LogP contribution in [0.2, 0.25) is 0 Å². The molecule has 22 heavy (non-hydrogen) atoms. The molecule has 0 aliphatic rings. The maximum Gasteiger partial charge on any atom is 0.244 e. The van der Waals surface area contributed by atoms with Crippen molar-refractivity contribution < 1.29 is 9.05 Å². The van der Waals surface area contributed by atoms with Gasteiger partial charge in [0.05, 0.1) is 13.2 Å². The summed E-state index contributed by atoms with van der Waals surface area (Å²) in [5, 5.41) is 0. The van der Waals surface area contributed by atoms with Gasteiger partial charge < -0.3 is 9.05 Å². The monoisotopic (exact) mass is 377 g/mol. The topological polar surface area (TPSA) is 18.5 Å². The van der Waals surface area contributed by atoms with Gasteiger partial charge in [-0.3, -0.25) is 0 Å². The molecule has 129 valence electrons. The van der Waals surface area contributed by atoms with E-state index in [1.165, 1.54) is 64.2 Å². The first kappa shape index (κ1) is 26.2. The summed E-state index contributed by atoms with van der Waals surface area (Å²) in [7, 11) is 0. The quantitative estimate of drug-likeness (QED) is 0.143. The largest absolute Gasteiger partial charge is 0.322 e. The smallest absolute Gasteiger partial charge is 0.244 e. The molecule has 0 aromatic heterocycles. The van der Waals surface area contributed by atoms with Crippen LogP contribution >= 0.6 is 17.9 Å². The molecule has 0 fully saturated rings. The Morgan fingerprint density at radius 1 is 0.682 bits per heavy atom. The van der Waals surface area contributed by atoms with Crippen LogP contribution < -0.4 is 0 Å². The summed E-state index contributed by atoms with van der Waals surface area (Å²) in [4.78, 5) is 0. The minimum atomic E-state index is -2.29. The van der Waals surface area contributed by atoms with Crippen molar-refractivity contribution in [3.63, 3.8) is 0 Å². The Morgan fingerprint density at radius 3 is 1.36 bits per heavy atom. The van der Waals surface area contributed by atoms with Crippen molar-refractivity contribution in [2.45, 2.75) is 90.9 Å².